The van der Waals surface area contributed by atoms with Gasteiger partial charge >= 0.3 is 0 Å². The molecule has 0 aliphatic heterocycles. The molecule has 4 aromatic rings. The van der Waals surface area contributed by atoms with Crippen LogP contribution in [0.1, 0.15) is 101 Å². The summed E-state index contributed by atoms with van der Waals surface area (Å²) in [5.41, 5.74) is 9.90. The first-order valence-electron chi connectivity index (χ1n) is 17.4. The van der Waals surface area contributed by atoms with Gasteiger partial charge in [0.2, 0.25) is 0 Å². The molecule has 4 rings (SSSR count). The zero-order valence-corrected chi connectivity index (χ0v) is 32.7. The summed E-state index contributed by atoms with van der Waals surface area (Å²) in [6, 6.07) is 20.6. The van der Waals surface area contributed by atoms with E-state index in [1.165, 1.54) is 28.8 Å². The molecular weight excluding hydrogens is 651 g/mol. The Balaban J connectivity index is 1.48. The quantitative estimate of drug-likeness (QED) is 0.0702. The minimum absolute atomic E-state index is 0.823. The van der Waals surface area contributed by atoms with E-state index in [0.29, 0.717) is 0 Å². The average Bonchev–Trinajstić information content (AvgIpc) is 3.70. The summed E-state index contributed by atoms with van der Waals surface area (Å²) in [4.78, 5) is 4.40. The number of rotatable bonds is 10. The van der Waals surface area contributed by atoms with Crippen molar-refractivity contribution in [2.24, 2.45) is 10.3 Å². The zero-order chi connectivity index (χ0) is 35.1. The fourth-order valence-electron chi connectivity index (χ4n) is 4.65. The van der Waals surface area contributed by atoms with E-state index in [0.717, 1.165) is 75.8 Å². The zero-order valence-electron chi connectivity index (χ0n) is 30.1. The molecule has 49 heavy (non-hydrogen) atoms. The summed E-state index contributed by atoms with van der Waals surface area (Å²) >= 11 is 3.40. The molecule has 0 fully saturated rings. The Labute approximate surface area is 304 Å². The molecule has 2 aromatic heterocycles. The van der Waals surface area contributed by atoms with Crippen molar-refractivity contribution in [1.29, 1.82) is 0 Å². The van der Waals surface area contributed by atoms with Gasteiger partial charge in [-0.3, -0.25) is 5.01 Å². The van der Waals surface area contributed by atoms with Crippen LogP contribution in [0.25, 0.3) is 0 Å². The highest BCUT2D eigenvalue weighted by Crippen LogP contribution is 2.25. The second-order valence-corrected chi connectivity index (χ2v) is 19.7. The van der Waals surface area contributed by atoms with Gasteiger partial charge in [0.05, 0.1) is 25.2 Å². The normalized spacial score (nSPS) is 10.7. The Kier molecular flexibility index (Phi) is 14.6. The average molecular weight is 698 g/mol. The lowest BCUT2D eigenvalue weighted by molar-refractivity contribution is 0.301. The van der Waals surface area contributed by atoms with Crippen LogP contribution in [0, 0.1) is 47.0 Å². The van der Waals surface area contributed by atoms with Crippen LogP contribution in [0.2, 0.25) is 19.6 Å². The third kappa shape index (κ3) is 12.6. The van der Waals surface area contributed by atoms with E-state index in [1.54, 1.807) is 22.7 Å². The van der Waals surface area contributed by atoms with Crippen molar-refractivity contribution in [3.05, 3.63) is 108 Å². The molecule has 0 bridgehead atoms. The lowest BCUT2D eigenvalue weighted by Crippen LogP contribution is -2.16. The first kappa shape index (κ1) is 37.5. The number of nitrogens with zero attached hydrogens (tertiary/aromatic N) is 3. The van der Waals surface area contributed by atoms with Crippen LogP contribution in [0.15, 0.2) is 71.0 Å². The standard InChI is InChI=1S/C43H47N3S2Si/c1-8-12-14-37-32-40(28-23-36-20-25-39(26-21-36)44-45-46(10-3)11-4)47-42(37)29-24-35-18-16-34(17-19-35)22-27-41-33-38(15-13-9-2)43(48-41)30-31-49(5,6)7/h16-21,25-26,32-33H,8-15H2,1-7H3. The van der Waals surface area contributed by atoms with Gasteiger partial charge in [-0.2, -0.15) is 0 Å². The summed E-state index contributed by atoms with van der Waals surface area (Å²) in [5.74, 6) is 23.8. The van der Waals surface area contributed by atoms with Crippen LogP contribution in [0.5, 0.6) is 0 Å². The van der Waals surface area contributed by atoms with Crippen LogP contribution < -0.4 is 0 Å². The first-order chi connectivity index (χ1) is 23.7. The molecule has 0 amide bonds. The van der Waals surface area contributed by atoms with Crippen LogP contribution in [0.3, 0.4) is 0 Å². The number of hydrogen-bond acceptors (Lipinski definition) is 4. The number of aryl methyl sites for hydroxylation is 2. The molecule has 3 nitrogen and oxygen atoms in total. The van der Waals surface area contributed by atoms with Gasteiger partial charge in [0, 0.05) is 29.8 Å². The highest BCUT2D eigenvalue weighted by Gasteiger charge is 2.10. The number of unbranched alkanes of at least 4 members (excludes halogenated alkanes) is 2. The van der Waals surface area contributed by atoms with Gasteiger partial charge < -0.3 is 0 Å². The van der Waals surface area contributed by atoms with Crippen LogP contribution >= 0.6 is 22.7 Å². The van der Waals surface area contributed by atoms with Gasteiger partial charge in [-0.25, -0.2) is 0 Å². The largest absolute Gasteiger partial charge is 0.279 e. The summed E-state index contributed by atoms with van der Waals surface area (Å²) in [6.07, 6.45) is 6.70. The first-order valence-corrected chi connectivity index (χ1v) is 22.5. The molecule has 2 heterocycles. The molecule has 0 atom stereocenters. The molecule has 0 radical (unpaired) electrons. The van der Waals surface area contributed by atoms with Crippen molar-refractivity contribution in [3.63, 3.8) is 0 Å². The Morgan fingerprint density at radius 2 is 1.04 bits per heavy atom. The van der Waals surface area contributed by atoms with Crippen LogP contribution in [-0.2, 0) is 12.8 Å². The molecule has 2 aromatic carbocycles. The van der Waals surface area contributed by atoms with Crippen molar-refractivity contribution in [1.82, 2.24) is 5.01 Å². The van der Waals surface area contributed by atoms with Crippen molar-refractivity contribution >= 4 is 36.4 Å². The second-order valence-electron chi connectivity index (χ2n) is 12.8. The minimum atomic E-state index is -1.44. The Morgan fingerprint density at radius 1 is 0.592 bits per heavy atom. The van der Waals surface area contributed by atoms with Crippen molar-refractivity contribution < 1.29 is 0 Å². The van der Waals surface area contributed by atoms with Gasteiger partial charge in [0.1, 0.15) is 8.07 Å². The Bertz CT molecular complexity index is 1960. The van der Waals surface area contributed by atoms with Crippen LogP contribution in [0.4, 0.5) is 5.69 Å². The molecule has 6 heteroatoms. The highest BCUT2D eigenvalue weighted by atomic mass is 32.1. The third-order valence-corrected chi connectivity index (χ3v) is 10.4. The van der Waals surface area contributed by atoms with Crippen molar-refractivity contribution in [3.8, 4) is 47.0 Å². The van der Waals surface area contributed by atoms with Gasteiger partial charge in [-0.1, -0.05) is 93.0 Å². The molecule has 0 N–H and O–H groups in total. The van der Waals surface area contributed by atoms with Gasteiger partial charge in [-0.05, 0) is 111 Å². The lowest BCUT2D eigenvalue weighted by Gasteiger charge is -2.10. The lowest BCUT2D eigenvalue weighted by atomic mass is 10.1. The summed E-state index contributed by atoms with van der Waals surface area (Å²) in [6.45, 7) is 17.1. The molecule has 0 aliphatic carbocycles. The van der Waals surface area contributed by atoms with E-state index < -0.39 is 8.07 Å². The third-order valence-electron chi connectivity index (χ3n) is 7.52. The van der Waals surface area contributed by atoms with E-state index in [9.17, 15) is 0 Å². The maximum Gasteiger partial charge on any atom is 0.129 e. The van der Waals surface area contributed by atoms with E-state index in [-0.39, 0.29) is 0 Å². The van der Waals surface area contributed by atoms with E-state index in [4.69, 9.17) is 0 Å². The maximum absolute atomic E-state index is 4.33. The number of hydrogen-bond donors (Lipinski definition) is 0. The number of thiophene rings is 2. The predicted octanol–water partition coefficient (Wildman–Crippen LogP) is 11.3. The van der Waals surface area contributed by atoms with E-state index >= 15 is 0 Å². The van der Waals surface area contributed by atoms with Crippen molar-refractivity contribution in [2.45, 2.75) is 85.9 Å². The maximum atomic E-state index is 4.33. The van der Waals surface area contributed by atoms with Gasteiger partial charge in [0.25, 0.3) is 0 Å². The predicted molar refractivity (Wildman–Crippen MR) is 214 cm³/mol. The van der Waals surface area contributed by atoms with E-state index in [1.807, 2.05) is 29.3 Å². The smallest absolute Gasteiger partial charge is 0.129 e. The minimum Gasteiger partial charge on any atom is -0.279 e. The second kappa shape index (κ2) is 19.0. The topological polar surface area (TPSA) is 28.0 Å². The van der Waals surface area contributed by atoms with Gasteiger partial charge in [-0.15, -0.1) is 33.3 Å². The molecular formula is C43H47N3S2Si. The Morgan fingerprint density at radius 3 is 1.49 bits per heavy atom. The van der Waals surface area contributed by atoms with E-state index in [2.05, 4.69) is 141 Å². The molecule has 0 aliphatic rings. The SMILES string of the molecule is CCCCc1cc(C#Cc2ccc(N=NN(CC)CC)cc2)sc1C#Cc1ccc(C#Cc2cc(CCCC)c(C#C[Si](C)(C)C)s2)cc1. The fraction of sp³-hybridized carbons (Fsp3) is 0.349. The number of benzene rings is 2. The summed E-state index contributed by atoms with van der Waals surface area (Å²) in [7, 11) is -1.44. The monoisotopic (exact) mass is 697 g/mol. The molecule has 0 spiro atoms. The van der Waals surface area contributed by atoms with Gasteiger partial charge in [0.15, 0.2) is 0 Å². The summed E-state index contributed by atoms with van der Waals surface area (Å²) in [5, 5.41) is 10.5. The Hall–Kier alpha value is -4.30. The molecule has 0 saturated heterocycles. The summed E-state index contributed by atoms with van der Waals surface area (Å²) < 4.78 is 0. The molecule has 0 saturated carbocycles. The van der Waals surface area contributed by atoms with Crippen LogP contribution in [-0.4, -0.2) is 26.2 Å². The fourth-order valence-corrected chi connectivity index (χ4v) is 7.08. The highest BCUT2D eigenvalue weighted by molar-refractivity contribution is 7.13. The molecule has 250 valence electrons. The molecule has 0 unspecified atom stereocenters. The van der Waals surface area contributed by atoms with Crippen molar-refractivity contribution in [2.75, 3.05) is 13.1 Å².